The molecular formula is C22H22F3N3O3. The summed E-state index contributed by atoms with van der Waals surface area (Å²) in [6.07, 6.45) is -1.90. The van der Waals surface area contributed by atoms with Gasteiger partial charge in [-0.25, -0.2) is 4.68 Å². The summed E-state index contributed by atoms with van der Waals surface area (Å²) in [6.45, 7) is 0.787. The summed E-state index contributed by atoms with van der Waals surface area (Å²) in [4.78, 5) is 0. The lowest BCUT2D eigenvalue weighted by Crippen LogP contribution is -2.17. The Hall–Kier alpha value is -3.36. The van der Waals surface area contributed by atoms with Crippen LogP contribution in [0.4, 0.5) is 19.0 Å². The van der Waals surface area contributed by atoms with E-state index in [2.05, 4.69) is 10.1 Å². The maximum absolute atomic E-state index is 12.5. The molecule has 1 N–H and O–H groups in total. The van der Waals surface area contributed by atoms with Gasteiger partial charge >= 0.3 is 6.36 Å². The van der Waals surface area contributed by atoms with Crippen LogP contribution in [0.2, 0.25) is 0 Å². The first-order valence-corrected chi connectivity index (χ1v) is 9.83. The van der Waals surface area contributed by atoms with Gasteiger partial charge in [-0.3, -0.25) is 0 Å². The average Bonchev–Trinajstić information content (AvgIpc) is 2.93. The van der Waals surface area contributed by atoms with Gasteiger partial charge in [-0.05, 0) is 55.7 Å². The number of anilines is 1. The van der Waals surface area contributed by atoms with E-state index in [-0.39, 0.29) is 5.75 Å². The minimum Gasteiger partial charge on any atom is -0.497 e. The van der Waals surface area contributed by atoms with E-state index in [1.165, 1.54) is 12.1 Å². The molecule has 164 valence electrons. The predicted octanol–water partition coefficient (Wildman–Crippen LogP) is 5.20. The van der Waals surface area contributed by atoms with Gasteiger partial charge < -0.3 is 19.5 Å². The molecule has 0 amide bonds. The summed E-state index contributed by atoms with van der Waals surface area (Å²) in [6, 6.07) is 11.2. The third-order valence-electron chi connectivity index (χ3n) is 5.07. The maximum atomic E-state index is 12.5. The summed E-state index contributed by atoms with van der Waals surface area (Å²) in [5.74, 6) is 1.85. The Labute approximate surface area is 177 Å². The fourth-order valence-corrected chi connectivity index (χ4v) is 3.65. The Bertz CT molecular complexity index is 1040. The molecule has 0 saturated heterocycles. The van der Waals surface area contributed by atoms with E-state index in [0.29, 0.717) is 17.2 Å². The van der Waals surface area contributed by atoms with Crippen LogP contribution in [-0.4, -0.2) is 36.9 Å². The first kappa shape index (κ1) is 20.9. The third-order valence-corrected chi connectivity index (χ3v) is 5.07. The summed E-state index contributed by atoms with van der Waals surface area (Å²) in [5.41, 5.74) is 3.29. The standard InChI is InChI=1S/C22H22F3N3O3/c1-29-17-11-14(12-18(13-17)30-2)20-19-5-3-4-10-26-21(19)28(27-20)15-6-8-16(9-7-15)31-22(23,24)25/h6-9,11-13,26H,3-5,10H2,1-2H3. The molecule has 1 aliphatic heterocycles. The topological polar surface area (TPSA) is 57.5 Å². The molecule has 1 aromatic heterocycles. The molecule has 0 radical (unpaired) electrons. The highest BCUT2D eigenvalue weighted by Gasteiger charge is 2.31. The number of ether oxygens (including phenoxy) is 3. The van der Waals surface area contributed by atoms with Crippen LogP contribution in [0.5, 0.6) is 17.2 Å². The molecule has 6 nitrogen and oxygen atoms in total. The number of alkyl halides is 3. The summed E-state index contributed by atoms with van der Waals surface area (Å²) >= 11 is 0. The van der Waals surface area contributed by atoms with E-state index in [1.807, 2.05) is 12.1 Å². The molecular weight excluding hydrogens is 411 g/mol. The number of rotatable bonds is 5. The van der Waals surface area contributed by atoms with Crippen LogP contribution < -0.4 is 19.5 Å². The lowest BCUT2D eigenvalue weighted by Gasteiger charge is -2.11. The summed E-state index contributed by atoms with van der Waals surface area (Å²) in [7, 11) is 3.17. The highest BCUT2D eigenvalue weighted by molar-refractivity contribution is 5.73. The fraction of sp³-hybridized carbons (Fsp3) is 0.318. The molecule has 9 heteroatoms. The fourth-order valence-electron chi connectivity index (χ4n) is 3.65. The van der Waals surface area contributed by atoms with Crippen LogP contribution in [0.1, 0.15) is 18.4 Å². The first-order chi connectivity index (χ1) is 14.9. The average molecular weight is 433 g/mol. The number of nitrogens with one attached hydrogen (secondary N) is 1. The monoisotopic (exact) mass is 433 g/mol. The zero-order valence-corrected chi connectivity index (χ0v) is 17.1. The Morgan fingerprint density at radius 3 is 2.23 bits per heavy atom. The smallest absolute Gasteiger partial charge is 0.497 e. The van der Waals surface area contributed by atoms with Gasteiger partial charge in [0.2, 0.25) is 0 Å². The van der Waals surface area contributed by atoms with Crippen LogP contribution in [0.3, 0.4) is 0 Å². The zero-order chi connectivity index (χ0) is 22.0. The molecule has 0 atom stereocenters. The second kappa shape index (κ2) is 8.41. The van der Waals surface area contributed by atoms with Gasteiger partial charge in [-0.15, -0.1) is 13.2 Å². The normalized spacial score (nSPS) is 13.7. The molecule has 0 spiro atoms. The van der Waals surface area contributed by atoms with Crippen molar-refractivity contribution in [2.24, 2.45) is 0 Å². The van der Waals surface area contributed by atoms with Crippen LogP contribution in [0.15, 0.2) is 42.5 Å². The van der Waals surface area contributed by atoms with Gasteiger partial charge in [0, 0.05) is 23.7 Å². The second-order valence-electron chi connectivity index (χ2n) is 7.11. The molecule has 4 rings (SSSR count). The van der Waals surface area contributed by atoms with Crippen molar-refractivity contribution in [2.75, 3.05) is 26.1 Å². The van der Waals surface area contributed by atoms with Crippen molar-refractivity contribution in [3.8, 4) is 34.2 Å². The SMILES string of the molecule is COc1cc(OC)cc(-c2nn(-c3ccc(OC(F)(F)F)cc3)c3c2CCCCN3)c1. The predicted molar refractivity (Wildman–Crippen MR) is 110 cm³/mol. The van der Waals surface area contributed by atoms with Gasteiger partial charge in [0.1, 0.15) is 23.1 Å². The Balaban J connectivity index is 1.79. The van der Waals surface area contributed by atoms with Gasteiger partial charge in [-0.1, -0.05) is 0 Å². The Kier molecular flexibility index (Phi) is 5.67. The van der Waals surface area contributed by atoms with E-state index in [1.54, 1.807) is 37.1 Å². The molecule has 0 fully saturated rings. The number of halogens is 3. The number of nitrogens with zero attached hydrogens (tertiary/aromatic N) is 2. The van der Waals surface area contributed by atoms with Gasteiger partial charge in [0.05, 0.1) is 25.6 Å². The zero-order valence-electron chi connectivity index (χ0n) is 17.1. The first-order valence-electron chi connectivity index (χ1n) is 9.83. The molecule has 2 aromatic carbocycles. The molecule has 1 aliphatic rings. The quantitative estimate of drug-likeness (QED) is 0.599. The summed E-state index contributed by atoms with van der Waals surface area (Å²) in [5, 5.41) is 8.23. The van der Waals surface area contributed by atoms with Crippen molar-refractivity contribution < 1.29 is 27.4 Å². The molecule has 0 bridgehead atoms. The van der Waals surface area contributed by atoms with Crippen LogP contribution >= 0.6 is 0 Å². The van der Waals surface area contributed by atoms with Crippen LogP contribution in [0.25, 0.3) is 16.9 Å². The molecule has 0 unspecified atom stereocenters. The Morgan fingerprint density at radius 2 is 1.61 bits per heavy atom. The molecule has 31 heavy (non-hydrogen) atoms. The number of fused-ring (bicyclic) bond motifs is 1. The van der Waals surface area contributed by atoms with Crippen molar-refractivity contribution in [2.45, 2.75) is 25.6 Å². The minimum atomic E-state index is -4.73. The van der Waals surface area contributed by atoms with Crippen molar-refractivity contribution in [3.05, 3.63) is 48.0 Å². The number of methoxy groups -OCH3 is 2. The lowest BCUT2D eigenvalue weighted by atomic mass is 10.0. The molecule has 3 aromatic rings. The highest BCUT2D eigenvalue weighted by Crippen LogP contribution is 2.37. The largest absolute Gasteiger partial charge is 0.573 e. The van der Waals surface area contributed by atoms with E-state index >= 15 is 0 Å². The number of aromatic nitrogens is 2. The van der Waals surface area contributed by atoms with Crippen molar-refractivity contribution in [3.63, 3.8) is 0 Å². The molecule has 2 heterocycles. The lowest BCUT2D eigenvalue weighted by molar-refractivity contribution is -0.274. The number of hydrogen-bond acceptors (Lipinski definition) is 5. The molecule has 0 saturated carbocycles. The van der Waals surface area contributed by atoms with Crippen molar-refractivity contribution in [1.29, 1.82) is 0 Å². The van der Waals surface area contributed by atoms with Crippen molar-refractivity contribution in [1.82, 2.24) is 9.78 Å². The number of benzene rings is 2. The minimum absolute atomic E-state index is 0.278. The van der Waals surface area contributed by atoms with E-state index in [4.69, 9.17) is 14.6 Å². The highest BCUT2D eigenvalue weighted by atomic mass is 19.4. The summed E-state index contributed by atoms with van der Waals surface area (Å²) < 4.78 is 53.9. The van der Waals surface area contributed by atoms with E-state index in [0.717, 1.165) is 48.4 Å². The van der Waals surface area contributed by atoms with E-state index < -0.39 is 6.36 Å². The Morgan fingerprint density at radius 1 is 0.935 bits per heavy atom. The van der Waals surface area contributed by atoms with Crippen LogP contribution in [-0.2, 0) is 6.42 Å². The van der Waals surface area contributed by atoms with Gasteiger partial charge in [-0.2, -0.15) is 5.10 Å². The van der Waals surface area contributed by atoms with Gasteiger partial charge in [0.25, 0.3) is 0 Å². The number of hydrogen-bond donors (Lipinski definition) is 1. The van der Waals surface area contributed by atoms with Crippen molar-refractivity contribution >= 4 is 5.82 Å². The second-order valence-corrected chi connectivity index (χ2v) is 7.11. The molecule has 0 aliphatic carbocycles. The van der Waals surface area contributed by atoms with Crippen LogP contribution in [0, 0.1) is 0 Å². The van der Waals surface area contributed by atoms with E-state index in [9.17, 15) is 13.2 Å². The maximum Gasteiger partial charge on any atom is 0.573 e. The van der Waals surface area contributed by atoms with Gasteiger partial charge in [0.15, 0.2) is 0 Å². The third kappa shape index (κ3) is 4.55.